The van der Waals surface area contributed by atoms with Gasteiger partial charge in [-0.2, -0.15) is 0 Å². The first-order valence-electron chi connectivity index (χ1n) is 5.48. The Morgan fingerprint density at radius 1 is 1.53 bits per heavy atom. The third-order valence-corrected chi connectivity index (χ3v) is 5.67. The molecule has 1 aromatic carbocycles. The number of hydrogen-bond donors (Lipinski definition) is 1. The van der Waals surface area contributed by atoms with Crippen molar-refractivity contribution in [3.8, 4) is 0 Å². The fourth-order valence-electron chi connectivity index (χ4n) is 1.57. The van der Waals surface area contributed by atoms with E-state index in [2.05, 4.69) is 15.9 Å². The van der Waals surface area contributed by atoms with Crippen LogP contribution >= 0.6 is 27.5 Å². The average molecular weight is 374 g/mol. The van der Waals surface area contributed by atoms with Gasteiger partial charge in [-0.3, -0.25) is 0 Å². The number of nitrogen functional groups attached to an aromatic ring is 1. The maximum atomic E-state index is 14.0. The summed E-state index contributed by atoms with van der Waals surface area (Å²) in [6.07, 6.45) is 0. The van der Waals surface area contributed by atoms with Crippen molar-refractivity contribution in [2.75, 3.05) is 19.3 Å². The van der Waals surface area contributed by atoms with Crippen LogP contribution < -0.4 is 5.73 Å². The lowest BCUT2D eigenvalue weighted by molar-refractivity contribution is 0.414. The maximum Gasteiger partial charge on any atom is 0.245 e. The van der Waals surface area contributed by atoms with Gasteiger partial charge in [-0.05, 0) is 27.9 Å². The van der Waals surface area contributed by atoms with Crippen LogP contribution in [0.15, 0.2) is 15.4 Å². The Kier molecular flexibility index (Phi) is 5.22. The quantitative estimate of drug-likeness (QED) is 0.651. The minimum absolute atomic E-state index is 0.0513. The molecule has 108 valence electrons. The molecule has 0 saturated heterocycles. The lowest BCUT2D eigenvalue weighted by Crippen LogP contribution is -2.31. The van der Waals surface area contributed by atoms with Crippen molar-refractivity contribution in [1.82, 2.24) is 4.31 Å². The second-order valence-electron chi connectivity index (χ2n) is 4.58. The van der Waals surface area contributed by atoms with Crippen molar-refractivity contribution < 1.29 is 12.8 Å². The Morgan fingerprint density at radius 3 is 2.53 bits per heavy atom. The maximum absolute atomic E-state index is 14.0. The van der Waals surface area contributed by atoms with Gasteiger partial charge >= 0.3 is 0 Å². The van der Waals surface area contributed by atoms with Crippen LogP contribution in [0.25, 0.3) is 0 Å². The topological polar surface area (TPSA) is 63.4 Å². The van der Waals surface area contributed by atoms with Crippen LogP contribution in [-0.2, 0) is 10.0 Å². The van der Waals surface area contributed by atoms with Crippen molar-refractivity contribution in [1.29, 1.82) is 0 Å². The summed E-state index contributed by atoms with van der Waals surface area (Å²) >= 11 is 8.83. The molecule has 0 aromatic heterocycles. The van der Waals surface area contributed by atoms with E-state index in [0.717, 1.165) is 10.4 Å². The van der Waals surface area contributed by atoms with E-state index in [-0.39, 0.29) is 27.6 Å². The Labute approximate surface area is 125 Å². The summed E-state index contributed by atoms with van der Waals surface area (Å²) in [7, 11) is -2.56. The summed E-state index contributed by atoms with van der Waals surface area (Å²) in [6, 6.07) is 1.06. The van der Waals surface area contributed by atoms with Gasteiger partial charge in [0.15, 0.2) is 5.82 Å². The van der Waals surface area contributed by atoms with Crippen LogP contribution in [0, 0.1) is 11.7 Å². The smallest absolute Gasteiger partial charge is 0.245 e. The van der Waals surface area contributed by atoms with Crippen LogP contribution in [0.5, 0.6) is 0 Å². The summed E-state index contributed by atoms with van der Waals surface area (Å²) in [4.78, 5) is -0.513. The molecule has 8 heteroatoms. The Hall–Kier alpha value is -0.370. The fourth-order valence-corrected chi connectivity index (χ4v) is 3.56. The number of nitrogens with zero attached hydrogens (tertiary/aromatic N) is 1. The summed E-state index contributed by atoms with van der Waals surface area (Å²) in [6.45, 7) is 4.01. The molecular formula is C11H15BrClFN2O2S. The van der Waals surface area contributed by atoms with Gasteiger partial charge in [0.2, 0.25) is 10.0 Å². The SMILES string of the molecule is CC(C)CN(C)S(=O)(=O)c1cc(Cl)c(Br)c(N)c1F. The molecule has 0 spiro atoms. The zero-order valence-electron chi connectivity index (χ0n) is 10.7. The molecule has 0 saturated carbocycles. The van der Waals surface area contributed by atoms with Gasteiger partial charge in [-0.25, -0.2) is 17.1 Å². The second kappa shape index (κ2) is 5.95. The zero-order chi connectivity index (χ0) is 15.0. The molecule has 4 nitrogen and oxygen atoms in total. The number of benzene rings is 1. The highest BCUT2D eigenvalue weighted by molar-refractivity contribution is 9.10. The first-order valence-corrected chi connectivity index (χ1v) is 8.09. The Morgan fingerprint density at radius 2 is 2.05 bits per heavy atom. The molecule has 0 radical (unpaired) electrons. The first-order chi connectivity index (χ1) is 8.59. The standard InChI is InChI=1S/C11H15BrClFN2O2S/c1-6(2)5-16(3)19(17,18)8-4-7(13)9(12)11(15)10(8)14/h4,6H,5,15H2,1-3H3. The van der Waals surface area contributed by atoms with Gasteiger partial charge in [0.1, 0.15) is 4.90 Å². The van der Waals surface area contributed by atoms with Crippen LogP contribution in [-0.4, -0.2) is 26.3 Å². The monoisotopic (exact) mass is 372 g/mol. The van der Waals surface area contributed by atoms with Crippen LogP contribution in [0.2, 0.25) is 5.02 Å². The van der Waals surface area contributed by atoms with Gasteiger partial charge in [-0.15, -0.1) is 0 Å². The number of halogens is 3. The Bertz CT molecular complexity index is 593. The van der Waals surface area contributed by atoms with Crippen molar-refractivity contribution in [2.24, 2.45) is 5.92 Å². The van der Waals surface area contributed by atoms with Gasteiger partial charge in [-0.1, -0.05) is 25.4 Å². The molecule has 0 unspecified atom stereocenters. The van der Waals surface area contributed by atoms with Gasteiger partial charge < -0.3 is 5.73 Å². The first kappa shape index (κ1) is 16.7. The van der Waals surface area contributed by atoms with Crippen molar-refractivity contribution in [3.63, 3.8) is 0 Å². The second-order valence-corrected chi connectivity index (χ2v) is 7.79. The molecule has 1 aromatic rings. The third kappa shape index (κ3) is 3.39. The summed E-state index contributed by atoms with van der Waals surface area (Å²) in [5, 5.41) is 0.0513. The minimum atomic E-state index is -3.95. The van der Waals surface area contributed by atoms with E-state index < -0.39 is 20.7 Å². The highest BCUT2D eigenvalue weighted by Gasteiger charge is 2.28. The van der Waals surface area contributed by atoms with Crippen molar-refractivity contribution in [3.05, 3.63) is 21.4 Å². The zero-order valence-corrected chi connectivity index (χ0v) is 13.9. The van der Waals surface area contributed by atoms with Gasteiger partial charge in [0.05, 0.1) is 15.2 Å². The lowest BCUT2D eigenvalue weighted by atomic mass is 10.2. The molecule has 0 aliphatic carbocycles. The lowest BCUT2D eigenvalue weighted by Gasteiger charge is -2.20. The highest BCUT2D eigenvalue weighted by atomic mass is 79.9. The predicted molar refractivity (Wildman–Crippen MR) is 78.2 cm³/mol. The van der Waals surface area contributed by atoms with E-state index in [1.807, 2.05) is 13.8 Å². The van der Waals surface area contributed by atoms with Crippen LogP contribution in [0.1, 0.15) is 13.8 Å². The van der Waals surface area contributed by atoms with E-state index in [0.29, 0.717) is 0 Å². The van der Waals surface area contributed by atoms with Gasteiger partial charge in [0.25, 0.3) is 0 Å². The summed E-state index contributed by atoms with van der Waals surface area (Å²) in [5.74, 6) is -0.877. The predicted octanol–water partition coefficient (Wildman–Crippen LogP) is 3.10. The molecule has 2 N–H and O–H groups in total. The molecule has 0 fully saturated rings. The average Bonchev–Trinajstić information content (AvgIpc) is 2.30. The van der Waals surface area contributed by atoms with E-state index >= 15 is 0 Å². The number of hydrogen-bond acceptors (Lipinski definition) is 3. The Balaban J connectivity index is 3.38. The highest BCUT2D eigenvalue weighted by Crippen LogP contribution is 2.35. The molecule has 19 heavy (non-hydrogen) atoms. The molecule has 0 atom stereocenters. The summed E-state index contributed by atoms with van der Waals surface area (Å²) in [5.41, 5.74) is 5.18. The number of nitrogens with two attached hydrogens (primary N) is 1. The number of rotatable bonds is 4. The third-order valence-electron chi connectivity index (χ3n) is 2.47. The largest absolute Gasteiger partial charge is 0.395 e. The van der Waals surface area contributed by atoms with E-state index in [9.17, 15) is 12.8 Å². The normalized spacial score (nSPS) is 12.4. The van der Waals surface area contributed by atoms with E-state index in [4.69, 9.17) is 17.3 Å². The van der Waals surface area contributed by atoms with Crippen molar-refractivity contribution in [2.45, 2.75) is 18.7 Å². The van der Waals surface area contributed by atoms with Crippen LogP contribution in [0.4, 0.5) is 10.1 Å². The molecule has 0 aliphatic heterocycles. The molecule has 0 amide bonds. The number of anilines is 1. The molecule has 1 rings (SSSR count). The minimum Gasteiger partial charge on any atom is -0.395 e. The summed E-state index contributed by atoms with van der Waals surface area (Å²) < 4.78 is 39.8. The molecule has 0 aliphatic rings. The molecule has 0 bridgehead atoms. The van der Waals surface area contributed by atoms with Gasteiger partial charge in [0, 0.05) is 13.6 Å². The van der Waals surface area contributed by atoms with E-state index in [1.165, 1.54) is 7.05 Å². The number of sulfonamides is 1. The van der Waals surface area contributed by atoms with Crippen LogP contribution in [0.3, 0.4) is 0 Å². The molecular weight excluding hydrogens is 359 g/mol. The fraction of sp³-hybridized carbons (Fsp3) is 0.455. The molecule has 0 heterocycles. The van der Waals surface area contributed by atoms with E-state index in [1.54, 1.807) is 0 Å². The van der Waals surface area contributed by atoms with Crippen molar-refractivity contribution >= 4 is 43.2 Å².